The van der Waals surface area contributed by atoms with Gasteiger partial charge in [-0.2, -0.15) is 0 Å². The van der Waals surface area contributed by atoms with E-state index in [-0.39, 0.29) is 11.5 Å². The maximum atomic E-state index is 10.4. The van der Waals surface area contributed by atoms with Gasteiger partial charge in [-0.1, -0.05) is 25.1 Å². The molecule has 1 N–H and O–H groups in total. The maximum Gasteiger partial charge on any atom is 0.129 e. The van der Waals surface area contributed by atoms with E-state index in [1.165, 1.54) is 11.1 Å². The first-order chi connectivity index (χ1) is 12.0. The van der Waals surface area contributed by atoms with Crippen LogP contribution in [0.2, 0.25) is 0 Å². The maximum absolute atomic E-state index is 10.4. The van der Waals surface area contributed by atoms with Crippen LogP contribution in [0.15, 0.2) is 30.3 Å². The first kappa shape index (κ1) is 16.3. The predicted molar refractivity (Wildman–Crippen MR) is 98.9 cm³/mol. The van der Waals surface area contributed by atoms with Crippen LogP contribution in [0, 0.1) is 0 Å². The Morgan fingerprint density at radius 2 is 2.04 bits per heavy atom. The minimum atomic E-state index is -0.106. The zero-order chi connectivity index (χ0) is 17.6. The van der Waals surface area contributed by atoms with Crippen molar-refractivity contribution in [1.82, 2.24) is 0 Å². The van der Waals surface area contributed by atoms with Gasteiger partial charge in [-0.15, -0.1) is 0 Å². The molecule has 0 saturated heterocycles. The van der Waals surface area contributed by atoms with Crippen molar-refractivity contribution in [3.8, 4) is 17.2 Å². The number of aromatic hydroxyl groups is 1. The second-order valence-electron chi connectivity index (χ2n) is 7.85. The molecule has 132 valence electrons. The lowest BCUT2D eigenvalue weighted by Gasteiger charge is -2.35. The third-order valence-corrected chi connectivity index (χ3v) is 5.50. The largest absolute Gasteiger partial charge is 0.508 e. The van der Waals surface area contributed by atoms with Crippen LogP contribution >= 0.6 is 0 Å². The molecule has 2 aliphatic rings. The highest BCUT2D eigenvalue weighted by atomic mass is 16.5. The Bertz CT molecular complexity index is 807. The fourth-order valence-electron chi connectivity index (χ4n) is 3.97. The molecule has 2 heterocycles. The van der Waals surface area contributed by atoms with E-state index in [1.807, 2.05) is 6.07 Å². The zero-order valence-corrected chi connectivity index (χ0v) is 15.3. The number of benzene rings is 2. The van der Waals surface area contributed by atoms with Crippen LogP contribution in [-0.4, -0.2) is 17.3 Å². The highest BCUT2D eigenvalue weighted by molar-refractivity contribution is 5.53. The SMILES string of the molecule is CCc1ccc(C2COc3c(ccc4c3CCC(C)(C)O4)C2)c(O)c1. The Balaban J connectivity index is 1.63. The molecule has 0 spiro atoms. The predicted octanol–water partition coefficient (Wildman–Crippen LogP) is 4.78. The second-order valence-corrected chi connectivity index (χ2v) is 7.85. The molecule has 1 atom stereocenters. The normalized spacial score (nSPS) is 20.8. The molecule has 0 saturated carbocycles. The van der Waals surface area contributed by atoms with Crippen molar-refractivity contribution in [2.24, 2.45) is 0 Å². The summed E-state index contributed by atoms with van der Waals surface area (Å²) in [4.78, 5) is 0. The van der Waals surface area contributed by atoms with Gasteiger partial charge in [-0.25, -0.2) is 0 Å². The van der Waals surface area contributed by atoms with E-state index in [1.54, 1.807) is 0 Å². The van der Waals surface area contributed by atoms with Crippen LogP contribution < -0.4 is 9.47 Å². The summed E-state index contributed by atoms with van der Waals surface area (Å²) < 4.78 is 12.3. The Kier molecular flexibility index (Phi) is 3.90. The molecular weight excluding hydrogens is 312 g/mol. The average Bonchev–Trinajstić information content (AvgIpc) is 2.60. The van der Waals surface area contributed by atoms with Gasteiger partial charge in [0.05, 0.1) is 6.61 Å². The molecule has 2 aromatic rings. The monoisotopic (exact) mass is 338 g/mol. The van der Waals surface area contributed by atoms with E-state index in [2.05, 4.69) is 45.0 Å². The lowest BCUT2D eigenvalue weighted by molar-refractivity contribution is 0.0826. The van der Waals surface area contributed by atoms with Crippen LogP contribution in [0.3, 0.4) is 0 Å². The number of rotatable bonds is 2. The topological polar surface area (TPSA) is 38.7 Å². The van der Waals surface area contributed by atoms with E-state index in [0.717, 1.165) is 48.3 Å². The van der Waals surface area contributed by atoms with Gasteiger partial charge in [0.25, 0.3) is 0 Å². The molecule has 0 fully saturated rings. The molecule has 3 heteroatoms. The van der Waals surface area contributed by atoms with Crippen LogP contribution in [0.1, 0.15) is 55.4 Å². The molecule has 0 aromatic heterocycles. The standard InChI is InChI=1S/C22H26O3/c1-4-14-5-7-17(19(23)11-14)16-12-15-6-8-20-18(21(15)24-13-16)9-10-22(2,3)25-20/h5-8,11,16,23H,4,9-10,12-13H2,1-3H3. The van der Waals surface area contributed by atoms with Gasteiger partial charge in [-0.05, 0) is 62.8 Å². The number of aryl methyl sites for hydroxylation is 1. The van der Waals surface area contributed by atoms with Gasteiger partial charge < -0.3 is 14.6 Å². The van der Waals surface area contributed by atoms with Crippen molar-refractivity contribution in [3.05, 3.63) is 52.6 Å². The molecular formula is C22H26O3. The van der Waals surface area contributed by atoms with E-state index in [9.17, 15) is 5.11 Å². The Labute approximate surface area is 149 Å². The molecule has 0 bridgehead atoms. The van der Waals surface area contributed by atoms with Gasteiger partial charge in [0, 0.05) is 17.0 Å². The van der Waals surface area contributed by atoms with Gasteiger partial charge in [0.2, 0.25) is 0 Å². The Morgan fingerprint density at radius 1 is 1.20 bits per heavy atom. The minimum Gasteiger partial charge on any atom is -0.508 e. The van der Waals surface area contributed by atoms with Gasteiger partial charge >= 0.3 is 0 Å². The average molecular weight is 338 g/mol. The first-order valence-corrected chi connectivity index (χ1v) is 9.25. The highest BCUT2D eigenvalue weighted by Gasteiger charge is 2.32. The first-order valence-electron chi connectivity index (χ1n) is 9.25. The lowest BCUT2D eigenvalue weighted by atomic mass is 9.86. The molecule has 3 nitrogen and oxygen atoms in total. The van der Waals surface area contributed by atoms with Crippen LogP contribution in [0.25, 0.3) is 0 Å². The quantitative estimate of drug-likeness (QED) is 0.857. The van der Waals surface area contributed by atoms with E-state index in [4.69, 9.17) is 9.47 Å². The zero-order valence-electron chi connectivity index (χ0n) is 15.3. The summed E-state index contributed by atoms with van der Waals surface area (Å²) in [5, 5.41) is 10.4. The van der Waals surface area contributed by atoms with Crippen molar-refractivity contribution in [2.75, 3.05) is 6.61 Å². The van der Waals surface area contributed by atoms with E-state index in [0.29, 0.717) is 12.4 Å². The summed E-state index contributed by atoms with van der Waals surface area (Å²) in [6.07, 6.45) is 3.82. The van der Waals surface area contributed by atoms with Gasteiger partial charge in [0.15, 0.2) is 0 Å². The van der Waals surface area contributed by atoms with Gasteiger partial charge in [0.1, 0.15) is 22.8 Å². The molecule has 1 unspecified atom stereocenters. The van der Waals surface area contributed by atoms with Gasteiger partial charge in [-0.3, -0.25) is 0 Å². The summed E-state index contributed by atoms with van der Waals surface area (Å²) >= 11 is 0. The summed E-state index contributed by atoms with van der Waals surface area (Å²) in [5.74, 6) is 2.55. The van der Waals surface area contributed by atoms with Crippen molar-refractivity contribution in [2.45, 2.75) is 58.0 Å². The van der Waals surface area contributed by atoms with E-state index >= 15 is 0 Å². The minimum absolute atomic E-state index is 0.106. The number of phenolic OH excluding ortho intramolecular Hbond substituents is 1. The van der Waals surface area contributed by atoms with Crippen LogP contribution in [0.4, 0.5) is 0 Å². The summed E-state index contributed by atoms with van der Waals surface area (Å²) in [7, 11) is 0. The molecule has 0 radical (unpaired) electrons. The molecule has 4 rings (SSSR count). The molecule has 25 heavy (non-hydrogen) atoms. The van der Waals surface area contributed by atoms with Crippen molar-refractivity contribution < 1.29 is 14.6 Å². The number of hydrogen-bond acceptors (Lipinski definition) is 3. The van der Waals surface area contributed by atoms with Crippen LogP contribution in [0.5, 0.6) is 17.2 Å². The molecule has 2 aromatic carbocycles. The number of fused-ring (bicyclic) bond motifs is 3. The highest BCUT2D eigenvalue weighted by Crippen LogP contribution is 2.44. The van der Waals surface area contributed by atoms with Crippen LogP contribution in [-0.2, 0) is 19.3 Å². The smallest absolute Gasteiger partial charge is 0.129 e. The third kappa shape index (κ3) is 2.97. The summed E-state index contributed by atoms with van der Waals surface area (Å²) in [6.45, 7) is 6.97. The summed E-state index contributed by atoms with van der Waals surface area (Å²) in [6, 6.07) is 10.2. The fourth-order valence-corrected chi connectivity index (χ4v) is 3.97. The van der Waals surface area contributed by atoms with Crippen molar-refractivity contribution in [1.29, 1.82) is 0 Å². The number of hydrogen-bond donors (Lipinski definition) is 1. The fraction of sp³-hybridized carbons (Fsp3) is 0.455. The third-order valence-electron chi connectivity index (χ3n) is 5.50. The molecule has 0 aliphatic carbocycles. The second kappa shape index (κ2) is 5.98. The van der Waals surface area contributed by atoms with Crippen molar-refractivity contribution in [3.63, 3.8) is 0 Å². The van der Waals surface area contributed by atoms with Crippen molar-refractivity contribution >= 4 is 0 Å². The van der Waals surface area contributed by atoms with E-state index < -0.39 is 0 Å². The Morgan fingerprint density at radius 3 is 2.80 bits per heavy atom. The molecule has 0 amide bonds. The molecule has 2 aliphatic heterocycles. The number of ether oxygens (including phenoxy) is 2. The number of phenols is 1. The summed E-state index contributed by atoms with van der Waals surface area (Å²) in [5.41, 5.74) is 4.47. The Hall–Kier alpha value is -2.16. The lowest BCUT2D eigenvalue weighted by Crippen LogP contribution is -2.33.